The molecule has 0 amide bonds. The summed E-state index contributed by atoms with van der Waals surface area (Å²) in [4.78, 5) is 12.7. The van der Waals surface area contributed by atoms with Crippen LogP contribution in [0, 0.1) is 5.92 Å². The Labute approximate surface area is 197 Å². The van der Waals surface area contributed by atoms with Crippen LogP contribution in [0.5, 0.6) is 0 Å². The van der Waals surface area contributed by atoms with Gasteiger partial charge in [0.25, 0.3) is 0 Å². The predicted molar refractivity (Wildman–Crippen MR) is 137 cm³/mol. The highest BCUT2D eigenvalue weighted by Gasteiger charge is 2.20. The summed E-state index contributed by atoms with van der Waals surface area (Å²) >= 11 is 0. The van der Waals surface area contributed by atoms with E-state index in [9.17, 15) is 0 Å². The molecule has 2 aliphatic heterocycles. The third-order valence-corrected chi connectivity index (χ3v) is 6.30. The first-order valence-electron chi connectivity index (χ1n) is 11.9. The Bertz CT molecular complexity index is 439. The summed E-state index contributed by atoms with van der Waals surface area (Å²) in [6.45, 7) is 21.4. The highest BCUT2D eigenvalue weighted by molar-refractivity contribution is 14.0. The highest BCUT2D eigenvalue weighted by atomic mass is 127. The lowest BCUT2D eigenvalue weighted by Gasteiger charge is -2.35. The van der Waals surface area contributed by atoms with Gasteiger partial charge in [-0.1, -0.05) is 27.2 Å². The normalized spacial score (nSPS) is 23.4. The van der Waals surface area contributed by atoms with Gasteiger partial charge in [-0.15, -0.1) is 24.0 Å². The van der Waals surface area contributed by atoms with Gasteiger partial charge < -0.3 is 20.4 Å². The zero-order valence-electron chi connectivity index (χ0n) is 19.5. The largest absolute Gasteiger partial charge is 0.357 e. The fourth-order valence-corrected chi connectivity index (χ4v) is 4.51. The number of likely N-dealkylation sites (tertiary alicyclic amines) is 1. The molecule has 2 fully saturated rings. The summed E-state index contributed by atoms with van der Waals surface area (Å²) in [6.07, 6.45) is 5.40. The number of piperazine rings is 1. The molecule has 0 radical (unpaired) electrons. The number of guanidine groups is 1. The van der Waals surface area contributed by atoms with Crippen LogP contribution >= 0.6 is 24.0 Å². The van der Waals surface area contributed by atoms with Crippen LogP contribution in [0.4, 0.5) is 0 Å². The van der Waals surface area contributed by atoms with Crippen molar-refractivity contribution in [2.45, 2.75) is 59.4 Å². The van der Waals surface area contributed by atoms with E-state index in [-0.39, 0.29) is 24.0 Å². The summed E-state index contributed by atoms with van der Waals surface area (Å²) in [6, 6.07) is 0.781. The Kier molecular flexibility index (Phi) is 14.5. The number of rotatable bonds is 10. The first kappa shape index (κ1) is 26.9. The van der Waals surface area contributed by atoms with Gasteiger partial charge in [0.15, 0.2) is 5.96 Å². The molecule has 0 aromatic rings. The van der Waals surface area contributed by atoms with Crippen molar-refractivity contribution in [3.8, 4) is 0 Å². The number of hydrogen-bond acceptors (Lipinski definition) is 4. The Balaban J connectivity index is 0.00000420. The smallest absolute Gasteiger partial charge is 0.191 e. The number of halogens is 1. The van der Waals surface area contributed by atoms with Crippen molar-refractivity contribution in [2.75, 3.05) is 72.0 Å². The SMILES string of the molecule is CCNC(=NCC(C)CN1CCN(CC)CC1)NCCN1CCCCC1CC.I. The number of aliphatic imine (C=N–C) groups is 1. The Morgan fingerprint density at radius 1 is 1.00 bits per heavy atom. The molecule has 0 saturated carbocycles. The Morgan fingerprint density at radius 3 is 2.38 bits per heavy atom. The summed E-state index contributed by atoms with van der Waals surface area (Å²) in [5.41, 5.74) is 0. The van der Waals surface area contributed by atoms with Gasteiger partial charge in [0.1, 0.15) is 0 Å². The molecule has 2 unspecified atom stereocenters. The van der Waals surface area contributed by atoms with Crippen molar-refractivity contribution in [2.24, 2.45) is 10.9 Å². The summed E-state index contributed by atoms with van der Waals surface area (Å²) < 4.78 is 0. The number of nitrogens with one attached hydrogen (secondary N) is 2. The van der Waals surface area contributed by atoms with Gasteiger partial charge in [-0.2, -0.15) is 0 Å². The van der Waals surface area contributed by atoms with Gasteiger partial charge in [-0.3, -0.25) is 9.89 Å². The predicted octanol–water partition coefficient (Wildman–Crippen LogP) is 2.70. The van der Waals surface area contributed by atoms with E-state index in [0.717, 1.165) is 44.7 Å². The van der Waals surface area contributed by atoms with Gasteiger partial charge in [0.05, 0.1) is 0 Å². The molecule has 2 aliphatic rings. The van der Waals surface area contributed by atoms with Crippen molar-refractivity contribution in [3.05, 3.63) is 0 Å². The molecule has 0 aliphatic carbocycles. The molecule has 0 spiro atoms. The van der Waals surface area contributed by atoms with E-state index in [2.05, 4.69) is 53.0 Å². The molecule has 2 atom stereocenters. The second-order valence-corrected chi connectivity index (χ2v) is 8.58. The van der Waals surface area contributed by atoms with Crippen molar-refractivity contribution < 1.29 is 0 Å². The molecule has 7 heteroatoms. The van der Waals surface area contributed by atoms with Crippen LogP contribution in [-0.2, 0) is 0 Å². The summed E-state index contributed by atoms with van der Waals surface area (Å²) in [5, 5.41) is 6.98. The van der Waals surface area contributed by atoms with Gasteiger partial charge in [0.2, 0.25) is 0 Å². The van der Waals surface area contributed by atoms with Crippen LogP contribution in [0.25, 0.3) is 0 Å². The van der Waals surface area contributed by atoms with E-state index in [1.54, 1.807) is 0 Å². The standard InChI is InChI=1S/C22H46N6.HI/c1-5-21-10-8-9-12-28(21)13-11-24-22(23-6-2)25-18-20(4)19-27-16-14-26(7-3)15-17-27;/h20-21H,5-19H2,1-4H3,(H2,23,24,25);1H. The lowest BCUT2D eigenvalue weighted by Crippen LogP contribution is -2.47. The molecule has 172 valence electrons. The molecular formula is C22H47IN6. The average molecular weight is 523 g/mol. The lowest BCUT2D eigenvalue weighted by molar-refractivity contribution is 0.125. The maximum Gasteiger partial charge on any atom is 0.191 e. The van der Waals surface area contributed by atoms with Crippen molar-refractivity contribution in [1.29, 1.82) is 0 Å². The van der Waals surface area contributed by atoms with Crippen LogP contribution in [0.1, 0.15) is 53.4 Å². The first-order chi connectivity index (χ1) is 13.7. The molecule has 2 rings (SSSR count). The molecule has 2 heterocycles. The van der Waals surface area contributed by atoms with Gasteiger partial charge in [0, 0.05) is 64.9 Å². The van der Waals surface area contributed by atoms with Crippen LogP contribution in [0.3, 0.4) is 0 Å². The number of likely N-dealkylation sites (N-methyl/N-ethyl adjacent to an activating group) is 1. The van der Waals surface area contributed by atoms with E-state index >= 15 is 0 Å². The van der Waals surface area contributed by atoms with Gasteiger partial charge >= 0.3 is 0 Å². The number of hydrogen-bond donors (Lipinski definition) is 2. The van der Waals surface area contributed by atoms with Gasteiger partial charge in [-0.25, -0.2) is 0 Å². The quantitative estimate of drug-likeness (QED) is 0.263. The molecule has 2 N–H and O–H groups in total. The monoisotopic (exact) mass is 522 g/mol. The number of piperidine rings is 1. The lowest BCUT2D eigenvalue weighted by atomic mass is 10.0. The van der Waals surface area contributed by atoms with E-state index in [1.165, 1.54) is 65.0 Å². The van der Waals surface area contributed by atoms with Crippen LogP contribution in [0.15, 0.2) is 4.99 Å². The zero-order valence-corrected chi connectivity index (χ0v) is 21.8. The van der Waals surface area contributed by atoms with Gasteiger partial charge in [-0.05, 0) is 45.2 Å². The van der Waals surface area contributed by atoms with E-state index in [0.29, 0.717) is 5.92 Å². The zero-order chi connectivity index (χ0) is 20.2. The topological polar surface area (TPSA) is 46.1 Å². The van der Waals surface area contributed by atoms with Crippen LogP contribution in [-0.4, -0.2) is 98.7 Å². The van der Waals surface area contributed by atoms with Crippen LogP contribution < -0.4 is 10.6 Å². The second-order valence-electron chi connectivity index (χ2n) is 8.58. The minimum absolute atomic E-state index is 0. The Hall–Kier alpha value is -0.120. The van der Waals surface area contributed by atoms with Crippen molar-refractivity contribution in [1.82, 2.24) is 25.3 Å². The highest BCUT2D eigenvalue weighted by Crippen LogP contribution is 2.18. The maximum atomic E-state index is 4.87. The van der Waals surface area contributed by atoms with E-state index in [1.807, 2.05) is 0 Å². The molecule has 0 aromatic heterocycles. The summed E-state index contributed by atoms with van der Waals surface area (Å²) in [7, 11) is 0. The van der Waals surface area contributed by atoms with E-state index in [4.69, 9.17) is 4.99 Å². The third-order valence-electron chi connectivity index (χ3n) is 6.30. The molecule has 0 bridgehead atoms. The van der Waals surface area contributed by atoms with Crippen molar-refractivity contribution in [3.63, 3.8) is 0 Å². The fraction of sp³-hybridized carbons (Fsp3) is 0.955. The second kappa shape index (κ2) is 15.6. The molecular weight excluding hydrogens is 475 g/mol. The van der Waals surface area contributed by atoms with Crippen LogP contribution in [0.2, 0.25) is 0 Å². The molecule has 2 saturated heterocycles. The fourth-order valence-electron chi connectivity index (χ4n) is 4.51. The maximum absolute atomic E-state index is 4.87. The molecule has 0 aromatic carbocycles. The minimum atomic E-state index is 0. The molecule has 29 heavy (non-hydrogen) atoms. The average Bonchev–Trinajstić information content (AvgIpc) is 2.73. The Morgan fingerprint density at radius 2 is 1.72 bits per heavy atom. The van der Waals surface area contributed by atoms with Crippen molar-refractivity contribution >= 4 is 29.9 Å². The molecule has 6 nitrogen and oxygen atoms in total. The summed E-state index contributed by atoms with van der Waals surface area (Å²) in [5.74, 6) is 1.57. The number of nitrogens with zero attached hydrogens (tertiary/aromatic N) is 4. The minimum Gasteiger partial charge on any atom is -0.357 e. The third kappa shape index (κ3) is 10.2. The van der Waals surface area contributed by atoms with E-state index < -0.39 is 0 Å². The first-order valence-corrected chi connectivity index (χ1v) is 11.9.